The Hall–Kier alpha value is -3.28. The molecule has 1 aromatic heterocycles. The molecule has 2 amide bonds. The van der Waals surface area contributed by atoms with Crippen LogP contribution in [-0.2, 0) is 6.42 Å². The molecule has 0 spiro atoms. The van der Waals surface area contributed by atoms with E-state index < -0.39 is 0 Å². The van der Waals surface area contributed by atoms with Crippen molar-refractivity contribution in [2.24, 2.45) is 0 Å². The number of amides is 2. The second kappa shape index (κ2) is 5.73. The summed E-state index contributed by atoms with van der Waals surface area (Å²) in [4.78, 5) is 30.1. The first-order valence-electron chi connectivity index (χ1n) is 7.57. The van der Waals surface area contributed by atoms with Crippen LogP contribution in [0.4, 0.5) is 0 Å². The van der Waals surface area contributed by atoms with Gasteiger partial charge in [0.2, 0.25) is 11.7 Å². The number of fused-ring (bicyclic) bond motifs is 1. The second-order valence-electron chi connectivity index (χ2n) is 5.44. The Bertz CT molecular complexity index is 883. The predicted octanol–water partition coefficient (Wildman–Crippen LogP) is 2.58. The van der Waals surface area contributed by atoms with Crippen molar-refractivity contribution in [2.75, 3.05) is 6.54 Å². The summed E-state index contributed by atoms with van der Waals surface area (Å²) < 4.78 is 5.22. The molecule has 1 aliphatic heterocycles. The molecule has 2 heterocycles. The summed E-state index contributed by atoms with van der Waals surface area (Å²) in [6, 6.07) is 16.3. The molecule has 24 heavy (non-hydrogen) atoms. The Kier molecular flexibility index (Phi) is 3.42. The van der Waals surface area contributed by atoms with Crippen molar-refractivity contribution >= 4 is 11.8 Å². The molecular weight excluding hydrogens is 306 g/mol. The number of nitrogens with zero attached hydrogens (tertiary/aromatic N) is 3. The van der Waals surface area contributed by atoms with Gasteiger partial charge in [-0.05, 0) is 12.1 Å². The minimum Gasteiger partial charge on any atom is -0.339 e. The number of rotatable bonds is 4. The smallest absolute Gasteiger partial charge is 0.261 e. The lowest BCUT2D eigenvalue weighted by Crippen LogP contribution is -2.31. The molecule has 0 radical (unpaired) electrons. The fourth-order valence-electron chi connectivity index (χ4n) is 2.71. The highest BCUT2D eigenvalue weighted by molar-refractivity contribution is 6.21. The second-order valence-corrected chi connectivity index (χ2v) is 5.44. The predicted molar refractivity (Wildman–Crippen MR) is 85.2 cm³/mol. The maximum atomic E-state index is 12.3. The Morgan fingerprint density at radius 2 is 1.50 bits per heavy atom. The van der Waals surface area contributed by atoms with Crippen molar-refractivity contribution in [3.8, 4) is 11.4 Å². The molecule has 6 heteroatoms. The number of carbonyl (C=O) groups is 2. The van der Waals surface area contributed by atoms with Gasteiger partial charge in [0, 0.05) is 18.5 Å². The molecule has 0 N–H and O–H groups in total. The number of hydrogen-bond acceptors (Lipinski definition) is 5. The number of hydrogen-bond donors (Lipinski definition) is 0. The van der Waals surface area contributed by atoms with Gasteiger partial charge in [-0.2, -0.15) is 4.98 Å². The van der Waals surface area contributed by atoms with E-state index in [4.69, 9.17) is 4.52 Å². The van der Waals surface area contributed by atoms with Gasteiger partial charge < -0.3 is 4.52 Å². The van der Waals surface area contributed by atoms with Crippen LogP contribution >= 0.6 is 0 Å². The molecule has 3 aromatic rings. The van der Waals surface area contributed by atoms with Crippen LogP contribution < -0.4 is 0 Å². The average Bonchev–Trinajstić information content (AvgIpc) is 3.19. The number of aromatic nitrogens is 2. The third-order valence-corrected chi connectivity index (χ3v) is 3.93. The molecule has 0 unspecified atom stereocenters. The topological polar surface area (TPSA) is 76.3 Å². The summed E-state index contributed by atoms with van der Waals surface area (Å²) in [6.45, 7) is 0.211. The van der Waals surface area contributed by atoms with Gasteiger partial charge in [-0.3, -0.25) is 14.5 Å². The van der Waals surface area contributed by atoms with Crippen LogP contribution in [0.5, 0.6) is 0 Å². The molecule has 0 aliphatic carbocycles. The van der Waals surface area contributed by atoms with E-state index in [1.807, 2.05) is 30.3 Å². The van der Waals surface area contributed by atoms with E-state index in [0.717, 1.165) is 5.56 Å². The fraction of sp³-hybridized carbons (Fsp3) is 0.111. The molecule has 118 valence electrons. The molecule has 0 fully saturated rings. The zero-order valence-electron chi connectivity index (χ0n) is 12.7. The summed E-state index contributed by atoms with van der Waals surface area (Å²) in [5.74, 6) is 0.329. The van der Waals surface area contributed by atoms with Crippen LogP contribution in [0.15, 0.2) is 59.1 Å². The lowest BCUT2D eigenvalue weighted by atomic mass is 10.1. The van der Waals surface area contributed by atoms with Gasteiger partial charge in [0.15, 0.2) is 0 Å². The lowest BCUT2D eigenvalue weighted by Gasteiger charge is -2.11. The van der Waals surface area contributed by atoms with Crippen LogP contribution in [0.2, 0.25) is 0 Å². The SMILES string of the molecule is O=C1c2ccccc2C(=O)N1CCc1nc(-c2ccccc2)no1. The molecule has 0 atom stereocenters. The number of imide groups is 1. The highest BCUT2D eigenvalue weighted by Gasteiger charge is 2.34. The first-order chi connectivity index (χ1) is 11.7. The quantitative estimate of drug-likeness (QED) is 0.691. The van der Waals surface area contributed by atoms with Crippen LogP contribution in [0.3, 0.4) is 0 Å². The van der Waals surface area contributed by atoms with E-state index >= 15 is 0 Å². The highest BCUT2D eigenvalue weighted by Crippen LogP contribution is 2.22. The van der Waals surface area contributed by atoms with Crippen molar-refractivity contribution < 1.29 is 14.1 Å². The first kappa shape index (κ1) is 14.3. The maximum Gasteiger partial charge on any atom is 0.261 e. The number of benzene rings is 2. The third kappa shape index (κ3) is 2.38. The summed E-state index contributed by atoms with van der Waals surface area (Å²) in [5, 5.41) is 3.93. The minimum atomic E-state index is -0.279. The largest absolute Gasteiger partial charge is 0.339 e. The summed E-state index contributed by atoms with van der Waals surface area (Å²) in [6.07, 6.45) is 0.325. The van der Waals surface area contributed by atoms with Gasteiger partial charge in [0.1, 0.15) is 0 Å². The van der Waals surface area contributed by atoms with E-state index in [1.165, 1.54) is 4.90 Å². The molecule has 2 aromatic carbocycles. The summed E-state index contributed by atoms with van der Waals surface area (Å²) in [7, 11) is 0. The Morgan fingerprint density at radius 3 is 2.17 bits per heavy atom. The Balaban J connectivity index is 1.48. The Morgan fingerprint density at radius 1 is 0.875 bits per heavy atom. The van der Waals surface area contributed by atoms with Gasteiger partial charge >= 0.3 is 0 Å². The van der Waals surface area contributed by atoms with E-state index in [-0.39, 0.29) is 18.4 Å². The Labute approximate surface area is 137 Å². The normalized spacial score (nSPS) is 13.4. The van der Waals surface area contributed by atoms with Crippen molar-refractivity contribution in [2.45, 2.75) is 6.42 Å². The van der Waals surface area contributed by atoms with Gasteiger partial charge in [0.05, 0.1) is 11.1 Å². The van der Waals surface area contributed by atoms with Crippen LogP contribution in [-0.4, -0.2) is 33.4 Å². The van der Waals surface area contributed by atoms with Crippen molar-refractivity contribution in [3.05, 3.63) is 71.6 Å². The van der Waals surface area contributed by atoms with Crippen LogP contribution in [0, 0.1) is 0 Å². The van der Waals surface area contributed by atoms with E-state index in [9.17, 15) is 9.59 Å². The van der Waals surface area contributed by atoms with Gasteiger partial charge in [0.25, 0.3) is 11.8 Å². The zero-order valence-corrected chi connectivity index (χ0v) is 12.7. The van der Waals surface area contributed by atoms with Gasteiger partial charge in [-0.25, -0.2) is 0 Å². The number of carbonyl (C=O) groups excluding carboxylic acids is 2. The molecule has 4 rings (SSSR count). The summed E-state index contributed by atoms with van der Waals surface area (Å²) >= 11 is 0. The summed E-state index contributed by atoms with van der Waals surface area (Å²) in [5.41, 5.74) is 1.74. The van der Waals surface area contributed by atoms with Crippen LogP contribution in [0.25, 0.3) is 11.4 Å². The van der Waals surface area contributed by atoms with Crippen molar-refractivity contribution in [1.82, 2.24) is 15.0 Å². The third-order valence-electron chi connectivity index (χ3n) is 3.93. The molecule has 0 saturated heterocycles. The zero-order chi connectivity index (χ0) is 16.5. The maximum absolute atomic E-state index is 12.3. The van der Waals surface area contributed by atoms with Crippen molar-refractivity contribution in [1.29, 1.82) is 0 Å². The molecule has 0 bridgehead atoms. The minimum absolute atomic E-state index is 0.211. The van der Waals surface area contributed by atoms with E-state index in [2.05, 4.69) is 10.1 Å². The molecule has 0 saturated carbocycles. The average molecular weight is 319 g/mol. The standard InChI is InChI=1S/C18H13N3O3/c22-17-13-8-4-5-9-14(13)18(23)21(17)11-10-15-19-16(20-24-15)12-6-2-1-3-7-12/h1-9H,10-11H2. The van der Waals surface area contributed by atoms with Crippen molar-refractivity contribution in [3.63, 3.8) is 0 Å². The van der Waals surface area contributed by atoms with Gasteiger partial charge in [-0.15, -0.1) is 0 Å². The molecular formula is C18H13N3O3. The highest BCUT2D eigenvalue weighted by atomic mass is 16.5. The van der Waals surface area contributed by atoms with Gasteiger partial charge in [-0.1, -0.05) is 47.6 Å². The molecule has 6 nitrogen and oxygen atoms in total. The first-order valence-corrected chi connectivity index (χ1v) is 7.57. The van der Waals surface area contributed by atoms with E-state index in [0.29, 0.717) is 29.3 Å². The van der Waals surface area contributed by atoms with Crippen LogP contribution in [0.1, 0.15) is 26.6 Å². The fourth-order valence-corrected chi connectivity index (χ4v) is 2.71. The lowest BCUT2D eigenvalue weighted by molar-refractivity contribution is 0.0653. The molecule has 1 aliphatic rings. The van der Waals surface area contributed by atoms with E-state index in [1.54, 1.807) is 24.3 Å². The monoisotopic (exact) mass is 319 g/mol.